The van der Waals surface area contributed by atoms with Gasteiger partial charge in [0.05, 0.1) is 12.9 Å². The van der Waals surface area contributed by atoms with E-state index in [9.17, 15) is 9.59 Å². The number of hydrogen-bond acceptors (Lipinski definition) is 5. The maximum absolute atomic E-state index is 12.6. The van der Waals surface area contributed by atoms with Gasteiger partial charge in [-0.1, -0.05) is 23.7 Å². The summed E-state index contributed by atoms with van der Waals surface area (Å²) in [5.41, 5.74) is 1.88. The van der Waals surface area contributed by atoms with Gasteiger partial charge in [0.2, 0.25) is 0 Å². The Kier molecular flexibility index (Phi) is 5.44. The largest absolute Gasteiger partial charge is 0.462 e. The van der Waals surface area contributed by atoms with E-state index in [1.807, 2.05) is 19.1 Å². The van der Waals surface area contributed by atoms with E-state index in [1.54, 1.807) is 31.2 Å². The average molecular weight is 390 g/mol. The Labute approximate surface area is 159 Å². The molecule has 0 fully saturated rings. The van der Waals surface area contributed by atoms with Crippen molar-refractivity contribution in [2.75, 3.05) is 11.9 Å². The average Bonchev–Trinajstić information content (AvgIpc) is 3.24. The van der Waals surface area contributed by atoms with Crippen LogP contribution in [0.4, 0.5) is 5.00 Å². The highest BCUT2D eigenvalue weighted by molar-refractivity contribution is 7.17. The minimum atomic E-state index is -0.489. The number of ether oxygens (including phenoxy) is 1. The molecule has 2 heterocycles. The molecule has 0 aliphatic rings. The van der Waals surface area contributed by atoms with E-state index in [0.717, 1.165) is 16.0 Å². The predicted octanol–water partition coefficient (Wildman–Crippen LogP) is 5.40. The molecule has 0 spiro atoms. The highest BCUT2D eigenvalue weighted by atomic mass is 35.5. The molecule has 0 unspecified atom stereocenters. The van der Waals surface area contributed by atoms with Crippen molar-refractivity contribution in [3.05, 3.63) is 63.9 Å². The first-order valence-electron chi connectivity index (χ1n) is 7.92. The van der Waals surface area contributed by atoms with Gasteiger partial charge in [0.25, 0.3) is 5.91 Å². The van der Waals surface area contributed by atoms with Gasteiger partial charge in [0, 0.05) is 15.5 Å². The minimum absolute atomic E-state index is 0.166. The lowest BCUT2D eigenvalue weighted by molar-refractivity contribution is 0.0529. The second-order valence-electron chi connectivity index (χ2n) is 5.40. The van der Waals surface area contributed by atoms with Gasteiger partial charge in [-0.2, -0.15) is 0 Å². The first-order valence-corrected chi connectivity index (χ1v) is 9.12. The Morgan fingerprint density at radius 2 is 1.96 bits per heavy atom. The zero-order chi connectivity index (χ0) is 18.7. The van der Waals surface area contributed by atoms with Crippen LogP contribution >= 0.6 is 22.9 Å². The Balaban J connectivity index is 2.06. The smallest absolute Gasteiger partial charge is 0.341 e. The fourth-order valence-corrected chi connectivity index (χ4v) is 3.75. The second kappa shape index (κ2) is 7.76. The van der Waals surface area contributed by atoms with Gasteiger partial charge in [0.15, 0.2) is 5.76 Å². The Morgan fingerprint density at radius 3 is 2.58 bits per heavy atom. The van der Waals surface area contributed by atoms with Gasteiger partial charge >= 0.3 is 5.97 Å². The van der Waals surface area contributed by atoms with E-state index in [4.69, 9.17) is 20.8 Å². The fourth-order valence-electron chi connectivity index (χ4n) is 2.57. The van der Waals surface area contributed by atoms with Crippen LogP contribution in [-0.2, 0) is 4.74 Å². The second-order valence-corrected chi connectivity index (χ2v) is 7.06. The van der Waals surface area contributed by atoms with Crippen LogP contribution in [-0.4, -0.2) is 18.5 Å². The molecule has 0 bridgehead atoms. The Bertz CT molecular complexity index is 929. The number of benzene rings is 1. The Morgan fingerprint density at radius 1 is 1.23 bits per heavy atom. The molecule has 0 radical (unpaired) electrons. The van der Waals surface area contributed by atoms with Crippen LogP contribution in [0.2, 0.25) is 5.02 Å². The number of hydrogen-bond donors (Lipinski definition) is 1. The first kappa shape index (κ1) is 18.2. The van der Waals surface area contributed by atoms with Crippen LogP contribution in [0.25, 0.3) is 11.1 Å². The van der Waals surface area contributed by atoms with Crippen molar-refractivity contribution in [3.63, 3.8) is 0 Å². The SMILES string of the molecule is CCOC(=O)c1c(NC(=O)c2ccco2)sc(C)c1-c1ccc(Cl)cc1. The van der Waals surface area contributed by atoms with Crippen molar-refractivity contribution in [3.8, 4) is 11.1 Å². The fraction of sp³-hybridized carbons (Fsp3) is 0.158. The van der Waals surface area contributed by atoms with Gasteiger partial charge in [-0.05, 0) is 43.7 Å². The highest BCUT2D eigenvalue weighted by Crippen LogP contribution is 2.40. The number of carbonyl (C=O) groups excluding carboxylic acids is 2. The van der Waals surface area contributed by atoms with Gasteiger partial charge in [-0.3, -0.25) is 4.79 Å². The highest BCUT2D eigenvalue weighted by Gasteiger charge is 2.26. The molecule has 2 aromatic heterocycles. The number of esters is 1. The van der Waals surface area contributed by atoms with Crippen LogP contribution in [0.5, 0.6) is 0 Å². The summed E-state index contributed by atoms with van der Waals surface area (Å²) in [6, 6.07) is 10.4. The molecule has 0 aliphatic carbocycles. The van der Waals surface area contributed by atoms with Gasteiger partial charge < -0.3 is 14.5 Å². The van der Waals surface area contributed by atoms with Gasteiger partial charge in [0.1, 0.15) is 10.6 Å². The minimum Gasteiger partial charge on any atom is -0.462 e. The molecule has 0 atom stereocenters. The lowest BCUT2D eigenvalue weighted by Crippen LogP contribution is -2.14. The van der Waals surface area contributed by atoms with Crippen molar-refractivity contribution in [1.29, 1.82) is 0 Å². The van der Waals surface area contributed by atoms with E-state index in [2.05, 4.69) is 5.32 Å². The molecular weight excluding hydrogens is 374 g/mol. The number of carbonyl (C=O) groups is 2. The number of thiophene rings is 1. The summed E-state index contributed by atoms with van der Waals surface area (Å²) in [6.07, 6.45) is 1.42. The molecule has 3 rings (SSSR count). The molecule has 1 aromatic carbocycles. The molecule has 1 N–H and O–H groups in total. The lowest BCUT2D eigenvalue weighted by atomic mass is 10.0. The maximum atomic E-state index is 12.6. The molecule has 7 heteroatoms. The molecule has 0 saturated carbocycles. The van der Waals surface area contributed by atoms with Crippen LogP contribution in [0.1, 0.15) is 32.7 Å². The molecule has 0 aliphatic heterocycles. The zero-order valence-electron chi connectivity index (χ0n) is 14.2. The number of nitrogens with one attached hydrogen (secondary N) is 1. The summed E-state index contributed by atoms with van der Waals surface area (Å²) in [5, 5.41) is 3.78. The summed E-state index contributed by atoms with van der Waals surface area (Å²) < 4.78 is 10.3. The number of halogens is 1. The number of anilines is 1. The molecule has 3 aromatic rings. The molecule has 5 nitrogen and oxygen atoms in total. The van der Waals surface area contributed by atoms with Crippen molar-refractivity contribution >= 4 is 39.8 Å². The number of amides is 1. The zero-order valence-corrected chi connectivity index (χ0v) is 15.7. The number of aryl methyl sites for hydroxylation is 1. The van der Waals surface area contributed by atoms with Crippen LogP contribution in [0.15, 0.2) is 47.1 Å². The summed E-state index contributed by atoms with van der Waals surface area (Å²) >= 11 is 7.28. The number of rotatable bonds is 5. The quantitative estimate of drug-likeness (QED) is 0.593. The van der Waals surface area contributed by atoms with E-state index in [1.165, 1.54) is 17.6 Å². The third kappa shape index (κ3) is 3.66. The number of furan rings is 1. The summed E-state index contributed by atoms with van der Waals surface area (Å²) in [6.45, 7) is 3.86. The molecular formula is C19H16ClNO4S. The van der Waals surface area contributed by atoms with Gasteiger partial charge in [-0.15, -0.1) is 11.3 Å². The van der Waals surface area contributed by atoms with Crippen molar-refractivity contribution in [1.82, 2.24) is 0 Å². The molecule has 0 saturated heterocycles. The van der Waals surface area contributed by atoms with E-state index < -0.39 is 11.9 Å². The third-order valence-electron chi connectivity index (χ3n) is 3.67. The maximum Gasteiger partial charge on any atom is 0.341 e. The Hall–Kier alpha value is -2.57. The van der Waals surface area contributed by atoms with E-state index in [-0.39, 0.29) is 12.4 Å². The topological polar surface area (TPSA) is 68.5 Å². The normalized spacial score (nSPS) is 10.6. The monoisotopic (exact) mass is 389 g/mol. The van der Waals surface area contributed by atoms with Gasteiger partial charge in [-0.25, -0.2) is 4.79 Å². The van der Waals surface area contributed by atoms with Crippen LogP contribution in [0, 0.1) is 6.92 Å². The van der Waals surface area contributed by atoms with Crippen molar-refractivity contribution in [2.24, 2.45) is 0 Å². The molecule has 1 amide bonds. The van der Waals surface area contributed by atoms with Crippen molar-refractivity contribution in [2.45, 2.75) is 13.8 Å². The van der Waals surface area contributed by atoms with Crippen LogP contribution in [0.3, 0.4) is 0 Å². The lowest BCUT2D eigenvalue weighted by Gasteiger charge is -2.09. The summed E-state index contributed by atoms with van der Waals surface area (Å²) in [4.78, 5) is 25.8. The summed E-state index contributed by atoms with van der Waals surface area (Å²) in [7, 11) is 0. The molecule has 134 valence electrons. The summed E-state index contributed by atoms with van der Waals surface area (Å²) in [5.74, 6) is -0.750. The molecule has 26 heavy (non-hydrogen) atoms. The first-order chi connectivity index (χ1) is 12.5. The third-order valence-corrected chi connectivity index (χ3v) is 4.94. The van der Waals surface area contributed by atoms with Crippen LogP contribution < -0.4 is 5.32 Å². The predicted molar refractivity (Wildman–Crippen MR) is 102 cm³/mol. The van der Waals surface area contributed by atoms with E-state index in [0.29, 0.717) is 15.6 Å². The van der Waals surface area contributed by atoms with Crippen molar-refractivity contribution < 1.29 is 18.7 Å². The van der Waals surface area contributed by atoms with E-state index >= 15 is 0 Å². The standard InChI is InChI=1S/C19H16ClNO4S/c1-3-24-19(23)16-15(12-6-8-13(20)9-7-12)11(2)26-18(16)21-17(22)14-5-4-10-25-14/h4-10H,3H2,1-2H3,(H,21,22).